The number of nitrogens with one attached hydrogen (secondary N) is 1. The number of rotatable bonds is 5. The van der Waals surface area contributed by atoms with E-state index in [4.69, 9.17) is 0 Å². The molecule has 0 saturated carbocycles. The second-order valence-electron chi connectivity index (χ2n) is 6.81. The average molecular weight is 377 g/mol. The van der Waals surface area contributed by atoms with E-state index in [9.17, 15) is 19.5 Å². The number of nitrogens with zero attached hydrogens (tertiary/aromatic N) is 2. The molecule has 28 heavy (non-hydrogen) atoms. The fraction of sp³-hybridized carbons (Fsp3) is 0.190. The van der Waals surface area contributed by atoms with Crippen LogP contribution >= 0.6 is 0 Å². The second-order valence-corrected chi connectivity index (χ2v) is 6.81. The fourth-order valence-electron chi connectivity index (χ4n) is 3.42. The number of aryl methyl sites for hydroxylation is 1. The van der Waals surface area contributed by atoms with Gasteiger partial charge in [0, 0.05) is 25.3 Å². The van der Waals surface area contributed by atoms with Crippen LogP contribution in [0, 0.1) is 0 Å². The fourth-order valence-corrected chi connectivity index (χ4v) is 3.42. The number of carbonyl (C=O) groups is 3. The van der Waals surface area contributed by atoms with Crippen molar-refractivity contribution in [2.45, 2.75) is 6.10 Å². The lowest BCUT2D eigenvalue weighted by molar-refractivity contribution is -0.121. The molecule has 3 aromatic rings. The number of aromatic nitrogens is 1. The van der Waals surface area contributed by atoms with Crippen molar-refractivity contribution in [2.24, 2.45) is 7.05 Å². The quantitative estimate of drug-likeness (QED) is 0.661. The maximum absolute atomic E-state index is 12.3. The number of amides is 3. The smallest absolute Gasteiger partial charge is 0.262 e. The molecule has 7 heteroatoms. The van der Waals surface area contributed by atoms with Crippen LogP contribution in [0.3, 0.4) is 0 Å². The van der Waals surface area contributed by atoms with Gasteiger partial charge in [-0.05, 0) is 41.3 Å². The number of fused-ring (bicyclic) bond motifs is 2. The Kier molecular flexibility index (Phi) is 4.44. The average Bonchev–Trinajstić information content (AvgIpc) is 3.19. The molecule has 1 aliphatic heterocycles. The summed E-state index contributed by atoms with van der Waals surface area (Å²) in [6, 6.07) is 14.0. The number of carbonyl (C=O) groups excluding carboxylic acids is 3. The van der Waals surface area contributed by atoms with E-state index in [1.807, 2.05) is 42.1 Å². The molecule has 2 aromatic carbocycles. The first kappa shape index (κ1) is 17.9. The van der Waals surface area contributed by atoms with Gasteiger partial charge in [0.25, 0.3) is 11.8 Å². The highest BCUT2D eigenvalue weighted by Crippen LogP contribution is 2.22. The van der Waals surface area contributed by atoms with E-state index in [0.29, 0.717) is 16.7 Å². The summed E-state index contributed by atoms with van der Waals surface area (Å²) in [6.07, 6.45) is 1.04. The van der Waals surface area contributed by atoms with E-state index >= 15 is 0 Å². The van der Waals surface area contributed by atoms with Gasteiger partial charge in [0.2, 0.25) is 5.91 Å². The monoisotopic (exact) mass is 377 g/mol. The summed E-state index contributed by atoms with van der Waals surface area (Å²) < 4.78 is 1.98. The molecular formula is C21H19N3O4. The molecule has 0 spiro atoms. The van der Waals surface area contributed by atoms with Crippen LogP contribution in [-0.2, 0) is 11.8 Å². The summed E-state index contributed by atoms with van der Waals surface area (Å²) in [6.45, 7) is -0.392. The van der Waals surface area contributed by atoms with Crippen LogP contribution in [0.25, 0.3) is 10.9 Å². The maximum atomic E-state index is 12.3. The molecule has 0 fully saturated rings. The van der Waals surface area contributed by atoms with Crippen LogP contribution in [0.2, 0.25) is 0 Å². The van der Waals surface area contributed by atoms with Crippen molar-refractivity contribution in [3.05, 3.63) is 71.4 Å². The first-order valence-electron chi connectivity index (χ1n) is 8.90. The van der Waals surface area contributed by atoms with Gasteiger partial charge in [-0.15, -0.1) is 0 Å². The number of hydrogen-bond donors (Lipinski definition) is 2. The molecule has 1 atom stereocenters. The van der Waals surface area contributed by atoms with Gasteiger partial charge < -0.3 is 15.0 Å². The highest BCUT2D eigenvalue weighted by molar-refractivity contribution is 6.22. The molecular weight excluding hydrogens is 358 g/mol. The van der Waals surface area contributed by atoms with E-state index in [1.165, 1.54) is 0 Å². The number of aliphatic hydroxyl groups excluding tert-OH is 1. The normalized spacial score (nSPS) is 14.4. The van der Waals surface area contributed by atoms with Gasteiger partial charge in [0.1, 0.15) is 6.54 Å². The summed E-state index contributed by atoms with van der Waals surface area (Å²) in [4.78, 5) is 37.7. The lowest BCUT2D eigenvalue weighted by atomic mass is 10.1. The van der Waals surface area contributed by atoms with Crippen LogP contribution in [0.1, 0.15) is 32.4 Å². The molecule has 0 aliphatic carbocycles. The lowest BCUT2D eigenvalue weighted by Crippen LogP contribution is -2.41. The van der Waals surface area contributed by atoms with Crippen LogP contribution in [0.4, 0.5) is 0 Å². The van der Waals surface area contributed by atoms with E-state index < -0.39 is 23.8 Å². The zero-order chi connectivity index (χ0) is 19.8. The topological polar surface area (TPSA) is 91.6 Å². The van der Waals surface area contributed by atoms with Crippen molar-refractivity contribution in [1.82, 2.24) is 14.8 Å². The summed E-state index contributed by atoms with van der Waals surface area (Å²) >= 11 is 0. The Labute approximate surface area is 161 Å². The predicted molar refractivity (Wildman–Crippen MR) is 103 cm³/mol. The van der Waals surface area contributed by atoms with Crippen LogP contribution in [0.15, 0.2) is 54.7 Å². The van der Waals surface area contributed by atoms with E-state index in [2.05, 4.69) is 5.32 Å². The Balaban J connectivity index is 1.38. The van der Waals surface area contributed by atoms with Crippen molar-refractivity contribution in [2.75, 3.05) is 13.1 Å². The Bertz CT molecular complexity index is 1070. The minimum absolute atomic E-state index is 0.0135. The Morgan fingerprint density at radius 1 is 1.07 bits per heavy atom. The largest absolute Gasteiger partial charge is 0.387 e. The molecule has 1 aliphatic rings. The van der Waals surface area contributed by atoms with E-state index in [1.54, 1.807) is 24.3 Å². The van der Waals surface area contributed by atoms with Crippen molar-refractivity contribution in [1.29, 1.82) is 0 Å². The summed E-state index contributed by atoms with van der Waals surface area (Å²) in [5.41, 5.74) is 2.33. The minimum atomic E-state index is -0.893. The maximum Gasteiger partial charge on any atom is 0.262 e. The SMILES string of the molecule is Cn1ccc2cc(C(O)CNC(=O)CN3C(=O)c4ccccc4C3=O)ccc21. The lowest BCUT2D eigenvalue weighted by Gasteiger charge is -2.16. The molecule has 3 amide bonds. The van der Waals surface area contributed by atoms with Gasteiger partial charge in [-0.25, -0.2) is 0 Å². The molecule has 2 heterocycles. The van der Waals surface area contributed by atoms with Gasteiger partial charge in [-0.1, -0.05) is 18.2 Å². The van der Waals surface area contributed by atoms with E-state index in [0.717, 1.165) is 15.8 Å². The minimum Gasteiger partial charge on any atom is -0.387 e. The first-order chi connectivity index (χ1) is 13.5. The molecule has 0 radical (unpaired) electrons. The number of hydrogen-bond acceptors (Lipinski definition) is 4. The third-order valence-corrected chi connectivity index (χ3v) is 4.97. The third-order valence-electron chi connectivity index (χ3n) is 4.97. The van der Waals surface area contributed by atoms with Crippen LogP contribution < -0.4 is 5.32 Å². The molecule has 1 aromatic heterocycles. The number of imide groups is 1. The zero-order valence-electron chi connectivity index (χ0n) is 15.3. The Morgan fingerprint density at radius 2 is 1.75 bits per heavy atom. The Hall–Kier alpha value is -3.45. The molecule has 142 valence electrons. The highest BCUT2D eigenvalue weighted by atomic mass is 16.3. The van der Waals surface area contributed by atoms with Crippen LogP contribution in [0.5, 0.6) is 0 Å². The van der Waals surface area contributed by atoms with Gasteiger partial charge in [0.05, 0.1) is 17.2 Å². The summed E-state index contributed by atoms with van der Waals surface area (Å²) in [5, 5.41) is 14.0. The highest BCUT2D eigenvalue weighted by Gasteiger charge is 2.36. The first-order valence-corrected chi connectivity index (χ1v) is 8.90. The molecule has 1 unspecified atom stereocenters. The number of benzene rings is 2. The van der Waals surface area contributed by atoms with E-state index in [-0.39, 0.29) is 13.1 Å². The standard InChI is InChI=1S/C21H19N3O4/c1-23-9-8-13-10-14(6-7-17(13)23)18(25)11-22-19(26)12-24-20(27)15-4-2-3-5-16(15)21(24)28/h2-10,18,25H,11-12H2,1H3,(H,22,26). The zero-order valence-corrected chi connectivity index (χ0v) is 15.3. The van der Waals surface area contributed by atoms with Crippen molar-refractivity contribution < 1.29 is 19.5 Å². The second kappa shape index (κ2) is 6.94. The number of aliphatic hydroxyl groups is 1. The Morgan fingerprint density at radius 3 is 2.43 bits per heavy atom. The summed E-state index contributed by atoms with van der Waals surface area (Å²) in [5.74, 6) is -1.47. The van der Waals surface area contributed by atoms with Gasteiger partial charge in [-0.2, -0.15) is 0 Å². The van der Waals surface area contributed by atoms with Gasteiger partial charge >= 0.3 is 0 Å². The molecule has 2 N–H and O–H groups in total. The van der Waals surface area contributed by atoms with Crippen molar-refractivity contribution >= 4 is 28.6 Å². The summed E-state index contributed by atoms with van der Waals surface area (Å²) in [7, 11) is 1.94. The molecule has 7 nitrogen and oxygen atoms in total. The van der Waals surface area contributed by atoms with Crippen LogP contribution in [-0.4, -0.2) is 45.4 Å². The molecule has 0 bridgehead atoms. The van der Waals surface area contributed by atoms with Gasteiger partial charge in [-0.3, -0.25) is 19.3 Å². The van der Waals surface area contributed by atoms with Crippen molar-refractivity contribution in [3.8, 4) is 0 Å². The molecule has 0 saturated heterocycles. The third kappa shape index (κ3) is 3.05. The van der Waals surface area contributed by atoms with Crippen molar-refractivity contribution in [3.63, 3.8) is 0 Å². The predicted octanol–water partition coefficient (Wildman–Crippen LogP) is 1.62. The van der Waals surface area contributed by atoms with Gasteiger partial charge in [0.15, 0.2) is 0 Å². The molecule has 4 rings (SSSR count).